The van der Waals surface area contributed by atoms with Crippen molar-refractivity contribution in [3.63, 3.8) is 0 Å². The van der Waals surface area contributed by atoms with E-state index in [-0.39, 0.29) is 11.9 Å². The topological polar surface area (TPSA) is 59.4 Å². The lowest BCUT2D eigenvalue weighted by atomic mass is 10.1. The Hall–Kier alpha value is -1.86. The van der Waals surface area contributed by atoms with E-state index < -0.39 is 6.10 Å². The molecule has 1 aromatic heterocycles. The van der Waals surface area contributed by atoms with Crippen LogP contribution in [0.1, 0.15) is 18.8 Å². The molecule has 2 aromatic rings. The molecular weight excluding hydrogens is 372 g/mol. The van der Waals surface area contributed by atoms with Crippen molar-refractivity contribution in [2.45, 2.75) is 19.1 Å². The molecule has 0 saturated carbocycles. The van der Waals surface area contributed by atoms with Crippen molar-refractivity contribution < 1.29 is 9.53 Å². The zero-order valence-electron chi connectivity index (χ0n) is 13.8. The number of ether oxygens (including phenoxy) is 1. The summed E-state index contributed by atoms with van der Waals surface area (Å²) in [5, 5.41) is 3.34. The maximum atomic E-state index is 13.0. The molecule has 1 amide bonds. The Morgan fingerprint density at radius 1 is 1.46 bits per heavy atom. The number of halogens is 1. The van der Waals surface area contributed by atoms with Crippen molar-refractivity contribution >= 4 is 21.8 Å². The number of nitrogens with zero attached hydrogens (tertiary/aromatic N) is 3. The number of amides is 1. The van der Waals surface area contributed by atoms with E-state index in [2.05, 4.69) is 26.2 Å². The fraction of sp³-hybridized carbons (Fsp3) is 0.412. The molecule has 1 aliphatic rings. The average molecular weight is 393 g/mol. The van der Waals surface area contributed by atoms with Gasteiger partial charge in [-0.25, -0.2) is 4.98 Å². The highest BCUT2D eigenvalue weighted by Crippen LogP contribution is 2.27. The second-order valence-electron chi connectivity index (χ2n) is 5.84. The number of benzene rings is 1. The molecule has 2 unspecified atom stereocenters. The molecule has 0 radical (unpaired) electrons. The van der Waals surface area contributed by atoms with Gasteiger partial charge in [-0.05, 0) is 35.0 Å². The predicted molar refractivity (Wildman–Crippen MR) is 94.8 cm³/mol. The van der Waals surface area contributed by atoms with Crippen LogP contribution in [0.4, 0.5) is 0 Å². The number of para-hydroxylation sites is 1. The Morgan fingerprint density at radius 3 is 2.96 bits per heavy atom. The molecule has 128 valence electrons. The second-order valence-corrected chi connectivity index (χ2v) is 6.69. The Balaban J connectivity index is 1.76. The van der Waals surface area contributed by atoms with Crippen LogP contribution in [0.3, 0.4) is 0 Å². The first-order valence-corrected chi connectivity index (χ1v) is 8.77. The highest BCUT2D eigenvalue weighted by Gasteiger charge is 2.33. The van der Waals surface area contributed by atoms with Crippen LogP contribution in [0.25, 0.3) is 0 Å². The SMILES string of the molecule is CC(Oc1ccccc1Br)C(=O)N1CCNCC1c1nccn1C. The summed E-state index contributed by atoms with van der Waals surface area (Å²) in [6.07, 6.45) is 3.09. The molecule has 0 bridgehead atoms. The molecule has 1 fully saturated rings. The number of nitrogens with one attached hydrogen (secondary N) is 1. The normalized spacial score (nSPS) is 19.1. The van der Waals surface area contributed by atoms with E-state index in [0.29, 0.717) is 18.8 Å². The minimum atomic E-state index is -0.565. The zero-order valence-corrected chi connectivity index (χ0v) is 15.4. The Morgan fingerprint density at radius 2 is 2.25 bits per heavy atom. The predicted octanol–water partition coefficient (Wildman–Crippen LogP) is 2.12. The monoisotopic (exact) mass is 392 g/mol. The van der Waals surface area contributed by atoms with Crippen molar-refractivity contribution in [1.29, 1.82) is 0 Å². The fourth-order valence-electron chi connectivity index (χ4n) is 2.91. The van der Waals surface area contributed by atoms with Crippen molar-refractivity contribution in [2.75, 3.05) is 19.6 Å². The highest BCUT2D eigenvalue weighted by molar-refractivity contribution is 9.10. The minimum absolute atomic E-state index is 0.0275. The van der Waals surface area contributed by atoms with Crippen LogP contribution in [-0.4, -0.2) is 46.1 Å². The van der Waals surface area contributed by atoms with E-state index in [1.807, 2.05) is 47.0 Å². The molecule has 1 aromatic carbocycles. The van der Waals surface area contributed by atoms with Gasteiger partial charge in [-0.15, -0.1) is 0 Å². The quantitative estimate of drug-likeness (QED) is 0.865. The number of aryl methyl sites for hydroxylation is 1. The first-order valence-electron chi connectivity index (χ1n) is 7.97. The smallest absolute Gasteiger partial charge is 0.264 e. The summed E-state index contributed by atoms with van der Waals surface area (Å²) in [4.78, 5) is 19.2. The van der Waals surface area contributed by atoms with Gasteiger partial charge in [-0.3, -0.25) is 4.79 Å². The van der Waals surface area contributed by atoms with Gasteiger partial charge in [0.2, 0.25) is 0 Å². The Labute approximate surface area is 149 Å². The number of rotatable bonds is 4. The molecule has 1 saturated heterocycles. The van der Waals surface area contributed by atoms with E-state index in [1.165, 1.54) is 0 Å². The summed E-state index contributed by atoms with van der Waals surface area (Å²) in [6.45, 7) is 3.89. The number of hydrogen-bond donors (Lipinski definition) is 1. The van der Waals surface area contributed by atoms with E-state index in [4.69, 9.17) is 4.74 Å². The van der Waals surface area contributed by atoms with E-state index in [1.54, 1.807) is 13.1 Å². The number of carbonyl (C=O) groups is 1. The summed E-state index contributed by atoms with van der Waals surface area (Å²) in [7, 11) is 1.95. The van der Waals surface area contributed by atoms with Gasteiger partial charge in [0.1, 0.15) is 17.6 Å². The fourth-order valence-corrected chi connectivity index (χ4v) is 3.29. The van der Waals surface area contributed by atoms with E-state index >= 15 is 0 Å². The van der Waals surface area contributed by atoms with E-state index in [9.17, 15) is 4.79 Å². The Kier molecular flexibility index (Phi) is 5.20. The number of piperazine rings is 1. The lowest BCUT2D eigenvalue weighted by Crippen LogP contribution is -2.52. The third-order valence-electron chi connectivity index (χ3n) is 4.17. The van der Waals surface area contributed by atoms with Gasteiger partial charge < -0.3 is 19.5 Å². The standard InChI is InChI=1S/C17H21BrN4O2/c1-12(24-15-6-4-3-5-13(15)18)17(23)22-10-7-19-11-14(22)16-20-8-9-21(16)2/h3-6,8-9,12,14,19H,7,10-11H2,1-2H3. The van der Waals surface area contributed by atoms with Gasteiger partial charge in [0.05, 0.1) is 4.47 Å². The number of carbonyl (C=O) groups excluding carboxylic acids is 1. The van der Waals surface area contributed by atoms with Gasteiger partial charge in [-0.1, -0.05) is 12.1 Å². The summed E-state index contributed by atoms with van der Waals surface area (Å²) < 4.78 is 8.66. The summed E-state index contributed by atoms with van der Waals surface area (Å²) in [6, 6.07) is 7.46. The molecule has 3 rings (SSSR count). The molecule has 0 spiro atoms. The maximum absolute atomic E-state index is 13.0. The average Bonchev–Trinajstić information content (AvgIpc) is 3.02. The Bertz CT molecular complexity index is 718. The van der Waals surface area contributed by atoms with E-state index in [0.717, 1.165) is 16.8 Å². The van der Waals surface area contributed by atoms with Crippen molar-refractivity contribution in [3.05, 3.63) is 47.0 Å². The lowest BCUT2D eigenvalue weighted by molar-refractivity contribution is -0.141. The maximum Gasteiger partial charge on any atom is 0.264 e. The van der Waals surface area contributed by atoms with Gasteiger partial charge >= 0.3 is 0 Å². The number of aromatic nitrogens is 2. The molecule has 6 nitrogen and oxygen atoms in total. The number of imidazole rings is 1. The van der Waals surface area contributed by atoms with Crippen LogP contribution in [-0.2, 0) is 11.8 Å². The van der Waals surface area contributed by atoms with Gasteiger partial charge in [0.15, 0.2) is 6.10 Å². The molecule has 1 N–H and O–H groups in total. The minimum Gasteiger partial charge on any atom is -0.480 e. The van der Waals surface area contributed by atoms with Crippen LogP contribution in [0.15, 0.2) is 41.1 Å². The van der Waals surface area contributed by atoms with Crippen molar-refractivity contribution in [2.24, 2.45) is 7.05 Å². The van der Waals surface area contributed by atoms with Crippen LogP contribution in [0.2, 0.25) is 0 Å². The van der Waals surface area contributed by atoms with Crippen LogP contribution >= 0.6 is 15.9 Å². The molecule has 2 atom stereocenters. The van der Waals surface area contributed by atoms with Crippen molar-refractivity contribution in [3.8, 4) is 5.75 Å². The molecule has 2 heterocycles. The third-order valence-corrected chi connectivity index (χ3v) is 4.83. The van der Waals surface area contributed by atoms with Gasteiger partial charge in [-0.2, -0.15) is 0 Å². The third kappa shape index (κ3) is 3.47. The van der Waals surface area contributed by atoms with Crippen LogP contribution in [0.5, 0.6) is 5.75 Å². The molecule has 7 heteroatoms. The van der Waals surface area contributed by atoms with Crippen molar-refractivity contribution in [1.82, 2.24) is 19.8 Å². The zero-order chi connectivity index (χ0) is 17.1. The largest absolute Gasteiger partial charge is 0.480 e. The molecular formula is C17H21BrN4O2. The second kappa shape index (κ2) is 7.36. The van der Waals surface area contributed by atoms with Gasteiger partial charge in [0.25, 0.3) is 5.91 Å². The van der Waals surface area contributed by atoms with Crippen LogP contribution in [0, 0.1) is 0 Å². The molecule has 0 aliphatic carbocycles. The summed E-state index contributed by atoms with van der Waals surface area (Å²) in [5.41, 5.74) is 0. The first-order chi connectivity index (χ1) is 11.6. The molecule has 1 aliphatic heterocycles. The number of hydrogen-bond acceptors (Lipinski definition) is 4. The summed E-state index contributed by atoms with van der Waals surface area (Å²) in [5.74, 6) is 1.52. The highest BCUT2D eigenvalue weighted by atomic mass is 79.9. The van der Waals surface area contributed by atoms with Crippen LogP contribution < -0.4 is 10.1 Å². The molecule has 24 heavy (non-hydrogen) atoms. The first kappa shape index (κ1) is 17.0. The lowest BCUT2D eigenvalue weighted by Gasteiger charge is -2.37. The van der Waals surface area contributed by atoms with Gasteiger partial charge in [0, 0.05) is 39.1 Å². The summed E-state index contributed by atoms with van der Waals surface area (Å²) >= 11 is 3.45.